The third-order valence-corrected chi connectivity index (χ3v) is 5.81. The molecular weight excluding hydrogens is 501 g/mol. The van der Waals surface area contributed by atoms with Crippen molar-refractivity contribution in [2.75, 3.05) is 31.1 Å². The highest BCUT2D eigenvalue weighted by Crippen LogP contribution is 2.35. The second-order valence-electron chi connectivity index (χ2n) is 9.99. The molecule has 0 spiro atoms. The Morgan fingerprint density at radius 3 is 2.37 bits per heavy atom. The maximum absolute atomic E-state index is 13.6. The summed E-state index contributed by atoms with van der Waals surface area (Å²) in [5.41, 5.74) is -0.546. The molecule has 0 N–H and O–H groups in total. The lowest BCUT2D eigenvalue weighted by atomic mass is 10.1. The maximum atomic E-state index is 13.6. The summed E-state index contributed by atoms with van der Waals surface area (Å²) in [6.07, 6.45) is -3.36. The summed E-state index contributed by atoms with van der Waals surface area (Å²) in [7, 11) is 0. The predicted molar refractivity (Wildman–Crippen MR) is 134 cm³/mol. The first-order valence-electron chi connectivity index (χ1n) is 12.2. The van der Waals surface area contributed by atoms with E-state index in [4.69, 9.17) is 9.15 Å². The number of anilines is 1. The summed E-state index contributed by atoms with van der Waals surface area (Å²) in [4.78, 5) is 37.2. The van der Waals surface area contributed by atoms with Crippen LogP contribution in [-0.2, 0) is 17.3 Å². The van der Waals surface area contributed by atoms with Crippen LogP contribution in [-0.4, -0.2) is 58.5 Å². The lowest BCUT2D eigenvalue weighted by Crippen LogP contribution is -2.39. The van der Waals surface area contributed by atoms with E-state index in [0.29, 0.717) is 43.1 Å². The summed E-state index contributed by atoms with van der Waals surface area (Å²) in [6, 6.07) is 11.5. The van der Waals surface area contributed by atoms with Gasteiger partial charge in [0.05, 0.1) is 0 Å². The third kappa shape index (κ3) is 6.70. The zero-order chi connectivity index (χ0) is 27.5. The number of halogens is 3. The Labute approximate surface area is 218 Å². The van der Waals surface area contributed by atoms with Crippen LogP contribution in [0.15, 0.2) is 53.1 Å². The van der Waals surface area contributed by atoms with Crippen molar-refractivity contribution in [1.82, 2.24) is 14.9 Å². The molecule has 8 nitrogen and oxygen atoms in total. The molecule has 3 aromatic rings. The van der Waals surface area contributed by atoms with Gasteiger partial charge in [0.2, 0.25) is 11.7 Å². The lowest BCUT2D eigenvalue weighted by Gasteiger charge is -2.26. The summed E-state index contributed by atoms with van der Waals surface area (Å²) >= 11 is 0. The molecule has 1 aliphatic heterocycles. The standard InChI is InChI=1S/C27H29F3N4O4/c1-26(2,3)38-25(36)34-13-7-12-33(14-15-34)21-11-10-18(17-31-21)16-20(35)22-23(27(28,29)30)37-24(32-22)19-8-5-4-6-9-19/h4-6,8-11,17H,7,12-16H2,1-3H3. The summed E-state index contributed by atoms with van der Waals surface area (Å²) in [6.45, 7) is 7.69. The van der Waals surface area contributed by atoms with Crippen LogP contribution in [0.5, 0.6) is 0 Å². The Hall–Kier alpha value is -3.89. The number of hydrogen-bond acceptors (Lipinski definition) is 7. The van der Waals surface area contributed by atoms with Crippen molar-refractivity contribution in [1.29, 1.82) is 0 Å². The van der Waals surface area contributed by atoms with Gasteiger partial charge in [-0.2, -0.15) is 13.2 Å². The SMILES string of the molecule is CC(C)(C)OC(=O)N1CCCN(c2ccc(CC(=O)c3nc(-c4ccccc4)oc3C(F)(F)F)cn2)CC1. The summed E-state index contributed by atoms with van der Waals surface area (Å²) in [5, 5.41) is 0. The molecule has 2 aromatic heterocycles. The first-order chi connectivity index (χ1) is 17.9. The van der Waals surface area contributed by atoms with Crippen LogP contribution in [0.3, 0.4) is 0 Å². The van der Waals surface area contributed by atoms with Crippen LogP contribution in [0, 0.1) is 0 Å². The molecule has 0 bridgehead atoms. The Balaban J connectivity index is 1.43. The number of carbonyl (C=O) groups excluding carboxylic acids is 2. The zero-order valence-corrected chi connectivity index (χ0v) is 21.4. The summed E-state index contributed by atoms with van der Waals surface area (Å²) < 4.78 is 51.2. The van der Waals surface area contributed by atoms with Gasteiger partial charge in [-0.05, 0) is 51.0 Å². The van der Waals surface area contributed by atoms with Crippen LogP contribution in [0.2, 0.25) is 0 Å². The van der Waals surface area contributed by atoms with E-state index in [1.54, 1.807) is 47.4 Å². The van der Waals surface area contributed by atoms with E-state index in [9.17, 15) is 22.8 Å². The van der Waals surface area contributed by atoms with Gasteiger partial charge in [0.15, 0.2) is 11.5 Å². The second-order valence-corrected chi connectivity index (χ2v) is 9.99. The highest BCUT2D eigenvalue weighted by Gasteiger charge is 2.41. The highest BCUT2D eigenvalue weighted by molar-refractivity contribution is 5.97. The molecule has 202 valence electrons. The normalized spacial score (nSPS) is 14.8. The monoisotopic (exact) mass is 530 g/mol. The van der Waals surface area contributed by atoms with Crippen LogP contribution in [0.25, 0.3) is 11.5 Å². The Morgan fingerprint density at radius 1 is 1.00 bits per heavy atom. The largest absolute Gasteiger partial charge is 0.452 e. The first-order valence-corrected chi connectivity index (χ1v) is 12.2. The molecule has 0 unspecified atom stereocenters. The molecule has 0 aliphatic carbocycles. The van der Waals surface area contributed by atoms with Crippen molar-refractivity contribution in [2.24, 2.45) is 0 Å². The van der Waals surface area contributed by atoms with Gasteiger partial charge in [-0.15, -0.1) is 0 Å². The van der Waals surface area contributed by atoms with E-state index in [1.807, 2.05) is 25.7 Å². The number of nitrogens with zero attached hydrogens (tertiary/aromatic N) is 4. The number of oxazole rings is 1. The van der Waals surface area contributed by atoms with Crippen LogP contribution in [0.1, 0.15) is 49.0 Å². The van der Waals surface area contributed by atoms with E-state index in [2.05, 4.69) is 9.97 Å². The van der Waals surface area contributed by atoms with Gasteiger partial charge in [-0.3, -0.25) is 4.79 Å². The van der Waals surface area contributed by atoms with E-state index in [-0.39, 0.29) is 18.4 Å². The van der Waals surface area contributed by atoms with E-state index in [0.717, 1.165) is 6.42 Å². The van der Waals surface area contributed by atoms with Crippen LogP contribution in [0.4, 0.5) is 23.8 Å². The Bertz CT molecular complexity index is 1270. The lowest BCUT2D eigenvalue weighted by molar-refractivity contribution is -0.153. The van der Waals surface area contributed by atoms with Crippen LogP contribution >= 0.6 is 0 Å². The number of amides is 1. The molecule has 3 heterocycles. The maximum Gasteiger partial charge on any atom is 0.452 e. The van der Waals surface area contributed by atoms with Crippen molar-refractivity contribution in [3.8, 4) is 11.5 Å². The fraction of sp³-hybridized carbons (Fsp3) is 0.407. The number of Topliss-reactive ketones (excluding diaryl/α,β-unsaturated/α-hetero) is 1. The molecule has 0 saturated carbocycles. The Morgan fingerprint density at radius 2 is 1.74 bits per heavy atom. The molecule has 1 aliphatic rings. The minimum Gasteiger partial charge on any atom is -0.444 e. The second kappa shape index (κ2) is 10.8. The average molecular weight is 531 g/mol. The van der Waals surface area contributed by atoms with Gasteiger partial charge >= 0.3 is 12.3 Å². The molecule has 1 aromatic carbocycles. The fourth-order valence-electron chi connectivity index (χ4n) is 4.04. The number of carbonyl (C=O) groups is 2. The van der Waals surface area contributed by atoms with Gasteiger partial charge in [-0.1, -0.05) is 24.3 Å². The minimum atomic E-state index is -4.87. The van der Waals surface area contributed by atoms with E-state index < -0.39 is 29.0 Å². The molecule has 1 fully saturated rings. The van der Waals surface area contributed by atoms with Gasteiger partial charge in [-0.25, -0.2) is 14.8 Å². The van der Waals surface area contributed by atoms with Gasteiger partial charge in [0, 0.05) is 44.4 Å². The number of alkyl halides is 3. The first kappa shape index (κ1) is 27.2. The van der Waals surface area contributed by atoms with Gasteiger partial charge < -0.3 is 19.0 Å². The van der Waals surface area contributed by atoms with Gasteiger partial charge in [0.1, 0.15) is 11.4 Å². The minimum absolute atomic E-state index is 0.267. The van der Waals surface area contributed by atoms with Crippen molar-refractivity contribution < 1.29 is 31.9 Å². The van der Waals surface area contributed by atoms with Crippen molar-refractivity contribution in [3.05, 3.63) is 65.7 Å². The van der Waals surface area contributed by atoms with Crippen LogP contribution < -0.4 is 4.90 Å². The number of ether oxygens (including phenoxy) is 1. The van der Waals surface area contributed by atoms with Crippen molar-refractivity contribution in [2.45, 2.75) is 45.4 Å². The topological polar surface area (TPSA) is 88.8 Å². The molecule has 0 atom stereocenters. The summed E-state index contributed by atoms with van der Waals surface area (Å²) in [5.74, 6) is -1.85. The number of hydrogen-bond donors (Lipinski definition) is 0. The quantitative estimate of drug-likeness (QED) is 0.395. The fourth-order valence-corrected chi connectivity index (χ4v) is 4.04. The van der Waals surface area contributed by atoms with E-state index >= 15 is 0 Å². The van der Waals surface area contributed by atoms with Crippen molar-refractivity contribution >= 4 is 17.7 Å². The third-order valence-electron chi connectivity index (χ3n) is 5.81. The molecular formula is C27H29F3N4O4. The number of pyridine rings is 1. The van der Waals surface area contributed by atoms with Gasteiger partial charge in [0.25, 0.3) is 0 Å². The molecule has 0 radical (unpaired) electrons. The molecule has 11 heteroatoms. The highest BCUT2D eigenvalue weighted by atomic mass is 19.4. The van der Waals surface area contributed by atoms with E-state index in [1.165, 1.54) is 6.20 Å². The number of benzene rings is 1. The molecule has 38 heavy (non-hydrogen) atoms. The number of ketones is 1. The molecule has 1 amide bonds. The number of aromatic nitrogens is 2. The smallest absolute Gasteiger partial charge is 0.444 e. The average Bonchev–Trinajstić information content (AvgIpc) is 3.17. The molecule has 1 saturated heterocycles. The Kier molecular flexibility index (Phi) is 7.75. The van der Waals surface area contributed by atoms with Crippen molar-refractivity contribution in [3.63, 3.8) is 0 Å². The number of rotatable bonds is 5. The predicted octanol–water partition coefficient (Wildman–Crippen LogP) is 5.63. The zero-order valence-electron chi connectivity index (χ0n) is 21.4. The molecule has 4 rings (SSSR count).